The van der Waals surface area contributed by atoms with Crippen LogP contribution in [0.1, 0.15) is 23.6 Å². The van der Waals surface area contributed by atoms with Crippen LogP contribution in [0, 0.1) is 0 Å². The van der Waals surface area contributed by atoms with Crippen molar-refractivity contribution in [2.75, 3.05) is 7.11 Å². The summed E-state index contributed by atoms with van der Waals surface area (Å²) in [5.41, 5.74) is 3.96. The van der Waals surface area contributed by atoms with Crippen molar-refractivity contribution >= 4 is 12.4 Å². The average Bonchev–Trinajstić information content (AvgIpc) is 2.26. The maximum atomic E-state index is 12.8. The third kappa shape index (κ3) is 4.83. The summed E-state index contributed by atoms with van der Waals surface area (Å²) in [7, 11) is 1.22. The highest BCUT2D eigenvalue weighted by atomic mass is 35.5. The summed E-state index contributed by atoms with van der Waals surface area (Å²) in [6, 6.07) is 1.71. The lowest BCUT2D eigenvalue weighted by Gasteiger charge is -2.18. The monoisotopic (exact) mass is 305 g/mol. The molecular weight excluding hydrogens is 293 g/mol. The second-order valence-corrected chi connectivity index (χ2v) is 3.68. The van der Waals surface area contributed by atoms with Gasteiger partial charge in [0.1, 0.15) is 5.75 Å². The van der Waals surface area contributed by atoms with Crippen molar-refractivity contribution in [3.05, 3.63) is 29.3 Å². The molecule has 8 heteroatoms. The zero-order chi connectivity index (χ0) is 13.9. The van der Waals surface area contributed by atoms with Crippen molar-refractivity contribution in [2.45, 2.75) is 25.1 Å². The Morgan fingerprint density at radius 1 is 1.26 bits per heavy atom. The molecule has 0 fully saturated rings. The first-order valence-electron chi connectivity index (χ1n) is 5.04. The Morgan fingerprint density at radius 2 is 1.84 bits per heavy atom. The molecule has 110 valence electrons. The van der Waals surface area contributed by atoms with E-state index >= 15 is 0 Å². The minimum Gasteiger partial charge on any atom is -0.497 e. The second kappa shape index (κ2) is 6.91. The largest absolute Gasteiger partial charge is 0.497 e. The lowest BCUT2D eigenvalue weighted by molar-refractivity contribution is -0.138. The van der Waals surface area contributed by atoms with Gasteiger partial charge in [-0.3, -0.25) is 0 Å². The van der Waals surface area contributed by atoms with Crippen molar-refractivity contribution in [2.24, 2.45) is 5.73 Å². The highest BCUT2D eigenvalue weighted by molar-refractivity contribution is 5.85. The molecule has 2 nitrogen and oxygen atoms in total. The van der Waals surface area contributed by atoms with E-state index in [9.17, 15) is 22.0 Å². The van der Waals surface area contributed by atoms with Crippen LogP contribution in [0.3, 0.4) is 0 Å². The van der Waals surface area contributed by atoms with Gasteiger partial charge in [0.2, 0.25) is 6.43 Å². The molecule has 0 saturated carbocycles. The highest BCUT2D eigenvalue weighted by Gasteiger charge is 2.35. The van der Waals surface area contributed by atoms with Gasteiger partial charge < -0.3 is 10.5 Å². The van der Waals surface area contributed by atoms with E-state index in [2.05, 4.69) is 4.74 Å². The minimum absolute atomic E-state index is 0. The van der Waals surface area contributed by atoms with Gasteiger partial charge in [-0.2, -0.15) is 13.2 Å². The predicted octanol–water partition coefficient (Wildman–Crippen LogP) is 3.79. The SMILES string of the molecule is COc1ccc([C@H](N)CC(F)F)c(C(F)(F)F)c1.Cl. The Kier molecular flexibility index (Phi) is 6.51. The van der Waals surface area contributed by atoms with Crippen LogP contribution in [0.4, 0.5) is 22.0 Å². The summed E-state index contributed by atoms with van der Waals surface area (Å²) >= 11 is 0. The van der Waals surface area contributed by atoms with E-state index in [1.165, 1.54) is 13.2 Å². The van der Waals surface area contributed by atoms with Gasteiger partial charge in [-0.25, -0.2) is 8.78 Å². The van der Waals surface area contributed by atoms with Gasteiger partial charge in [-0.05, 0) is 17.7 Å². The van der Waals surface area contributed by atoms with Crippen LogP contribution >= 0.6 is 12.4 Å². The van der Waals surface area contributed by atoms with E-state index in [1.807, 2.05) is 0 Å². The molecule has 0 bridgehead atoms. The fraction of sp³-hybridized carbons (Fsp3) is 0.455. The highest BCUT2D eigenvalue weighted by Crippen LogP contribution is 2.37. The molecular formula is C11H13ClF5NO. The zero-order valence-corrected chi connectivity index (χ0v) is 10.7. The molecule has 1 aromatic rings. The smallest absolute Gasteiger partial charge is 0.416 e. The topological polar surface area (TPSA) is 35.2 Å². The maximum Gasteiger partial charge on any atom is 0.416 e. The molecule has 1 atom stereocenters. The molecule has 0 aliphatic heterocycles. The lowest BCUT2D eigenvalue weighted by Crippen LogP contribution is -2.19. The van der Waals surface area contributed by atoms with Crippen molar-refractivity contribution < 1.29 is 26.7 Å². The van der Waals surface area contributed by atoms with E-state index in [4.69, 9.17) is 5.73 Å². The van der Waals surface area contributed by atoms with Gasteiger partial charge in [0.15, 0.2) is 0 Å². The quantitative estimate of drug-likeness (QED) is 0.859. The van der Waals surface area contributed by atoms with Gasteiger partial charge in [0.05, 0.1) is 12.7 Å². The fourth-order valence-corrected chi connectivity index (χ4v) is 1.55. The molecule has 1 aromatic carbocycles. The third-order valence-electron chi connectivity index (χ3n) is 2.40. The number of hydrogen-bond donors (Lipinski definition) is 1. The normalized spacial score (nSPS) is 13.1. The number of nitrogens with two attached hydrogens (primary N) is 1. The first-order chi connectivity index (χ1) is 8.25. The van der Waals surface area contributed by atoms with Crippen molar-refractivity contribution in [3.63, 3.8) is 0 Å². The van der Waals surface area contributed by atoms with E-state index in [-0.39, 0.29) is 23.7 Å². The molecule has 0 aliphatic rings. The number of halogens is 6. The number of benzene rings is 1. The molecule has 0 unspecified atom stereocenters. The maximum absolute atomic E-state index is 12.8. The number of methoxy groups -OCH3 is 1. The van der Waals surface area contributed by atoms with Crippen molar-refractivity contribution in [1.82, 2.24) is 0 Å². The number of rotatable bonds is 4. The van der Waals surface area contributed by atoms with Crippen LogP contribution < -0.4 is 10.5 Å². The van der Waals surface area contributed by atoms with Crippen LogP contribution in [0.2, 0.25) is 0 Å². The Morgan fingerprint density at radius 3 is 2.26 bits per heavy atom. The Labute approximate surface area is 113 Å². The average molecular weight is 306 g/mol. The van der Waals surface area contributed by atoms with Crippen molar-refractivity contribution in [1.29, 1.82) is 0 Å². The predicted molar refractivity (Wildman–Crippen MR) is 62.8 cm³/mol. The molecule has 0 radical (unpaired) electrons. The van der Waals surface area contributed by atoms with Crippen LogP contribution in [0.15, 0.2) is 18.2 Å². The van der Waals surface area contributed by atoms with Crippen LogP contribution in [-0.4, -0.2) is 13.5 Å². The Bertz CT molecular complexity index is 411. The molecule has 0 amide bonds. The summed E-state index contributed by atoms with van der Waals surface area (Å²) in [6.45, 7) is 0. The fourth-order valence-electron chi connectivity index (χ4n) is 1.55. The number of hydrogen-bond acceptors (Lipinski definition) is 2. The van der Waals surface area contributed by atoms with Gasteiger partial charge in [-0.15, -0.1) is 12.4 Å². The first-order valence-corrected chi connectivity index (χ1v) is 5.04. The summed E-state index contributed by atoms with van der Waals surface area (Å²) in [6.07, 6.45) is -8.25. The number of ether oxygens (including phenoxy) is 1. The van der Waals surface area contributed by atoms with Crippen LogP contribution in [-0.2, 0) is 6.18 Å². The van der Waals surface area contributed by atoms with Crippen molar-refractivity contribution in [3.8, 4) is 5.75 Å². The lowest BCUT2D eigenvalue weighted by atomic mass is 9.98. The summed E-state index contributed by atoms with van der Waals surface area (Å²) in [5, 5.41) is 0. The molecule has 19 heavy (non-hydrogen) atoms. The Balaban J connectivity index is 0.00000324. The number of alkyl halides is 5. The van der Waals surface area contributed by atoms with Gasteiger partial charge in [-0.1, -0.05) is 6.07 Å². The standard InChI is InChI=1S/C11H12F5NO.ClH/c1-18-6-2-3-7(9(17)5-10(12)13)8(4-6)11(14,15)16;/h2-4,9-10H,5,17H2,1H3;1H/t9-;/m1./s1. The van der Waals surface area contributed by atoms with Gasteiger partial charge in [0.25, 0.3) is 0 Å². The molecule has 0 spiro atoms. The van der Waals surface area contributed by atoms with E-state index in [0.717, 1.165) is 12.1 Å². The third-order valence-corrected chi connectivity index (χ3v) is 2.40. The minimum atomic E-state index is -4.66. The summed E-state index contributed by atoms with van der Waals surface area (Å²) < 4.78 is 67.3. The molecule has 0 aromatic heterocycles. The van der Waals surface area contributed by atoms with E-state index < -0.39 is 30.6 Å². The van der Waals surface area contributed by atoms with Gasteiger partial charge in [0, 0.05) is 12.5 Å². The molecule has 0 aliphatic carbocycles. The zero-order valence-electron chi connectivity index (χ0n) is 9.88. The Hall–Kier alpha value is -1.08. The first kappa shape index (κ1) is 17.9. The summed E-state index contributed by atoms with van der Waals surface area (Å²) in [4.78, 5) is 0. The molecule has 0 heterocycles. The van der Waals surface area contributed by atoms with E-state index in [1.54, 1.807) is 0 Å². The molecule has 1 rings (SSSR count). The second-order valence-electron chi connectivity index (χ2n) is 3.68. The van der Waals surface area contributed by atoms with E-state index in [0.29, 0.717) is 0 Å². The van der Waals surface area contributed by atoms with Crippen LogP contribution in [0.25, 0.3) is 0 Å². The molecule has 0 saturated heterocycles. The molecule has 2 N–H and O–H groups in total. The van der Waals surface area contributed by atoms with Crippen LogP contribution in [0.5, 0.6) is 5.75 Å². The summed E-state index contributed by atoms with van der Waals surface area (Å²) in [5.74, 6) is -0.00433. The van der Waals surface area contributed by atoms with Gasteiger partial charge >= 0.3 is 6.18 Å².